The number of hydrogen-bond donors (Lipinski definition) is 1. The molecule has 30 heavy (non-hydrogen) atoms. The summed E-state index contributed by atoms with van der Waals surface area (Å²) in [4.78, 5) is 26.8. The van der Waals surface area contributed by atoms with E-state index in [1.807, 2.05) is 51.1 Å². The van der Waals surface area contributed by atoms with Gasteiger partial charge in [-0.15, -0.1) is 11.6 Å². The number of alkyl halides is 1. The number of anilines is 1. The highest BCUT2D eigenvalue weighted by atomic mass is 35.5. The second-order valence-electron chi connectivity index (χ2n) is 9.14. The van der Waals surface area contributed by atoms with Crippen molar-refractivity contribution in [2.45, 2.75) is 59.3 Å². The van der Waals surface area contributed by atoms with E-state index in [1.54, 1.807) is 11.6 Å². The molecular formula is C23H33ClN4O2. The molecule has 0 fully saturated rings. The molecule has 2 aromatic rings. The van der Waals surface area contributed by atoms with Crippen molar-refractivity contribution in [3.8, 4) is 5.69 Å². The van der Waals surface area contributed by atoms with E-state index in [2.05, 4.69) is 26.1 Å². The molecule has 2 amide bonds. The van der Waals surface area contributed by atoms with Gasteiger partial charge in [-0.2, -0.15) is 5.10 Å². The maximum atomic E-state index is 12.9. The normalized spacial score (nSPS) is 12.7. The van der Waals surface area contributed by atoms with Crippen LogP contribution < -0.4 is 5.32 Å². The molecule has 1 heterocycles. The molecular weight excluding hydrogens is 400 g/mol. The summed E-state index contributed by atoms with van der Waals surface area (Å²) in [6.07, 6.45) is 0. The van der Waals surface area contributed by atoms with Gasteiger partial charge in [0.15, 0.2) is 0 Å². The third kappa shape index (κ3) is 6.08. The Morgan fingerprint density at radius 3 is 2.37 bits per heavy atom. The van der Waals surface area contributed by atoms with E-state index < -0.39 is 5.38 Å². The molecule has 0 unspecified atom stereocenters. The number of aryl methyl sites for hydroxylation is 1. The number of aromatic nitrogens is 2. The van der Waals surface area contributed by atoms with Gasteiger partial charge < -0.3 is 10.2 Å². The number of para-hydroxylation sites is 1. The fourth-order valence-corrected chi connectivity index (χ4v) is 3.24. The first-order valence-corrected chi connectivity index (χ1v) is 10.7. The first-order chi connectivity index (χ1) is 13.9. The van der Waals surface area contributed by atoms with Crippen molar-refractivity contribution < 1.29 is 9.59 Å². The number of nitrogens with one attached hydrogen (secondary N) is 1. The zero-order chi connectivity index (χ0) is 22.6. The number of amides is 2. The lowest BCUT2D eigenvalue weighted by Gasteiger charge is -2.25. The number of carbonyl (C=O) groups excluding carboxylic acids is 2. The van der Waals surface area contributed by atoms with Gasteiger partial charge in [0.25, 0.3) is 0 Å². The molecule has 0 aliphatic heterocycles. The Kier molecular flexibility index (Phi) is 7.70. The van der Waals surface area contributed by atoms with Crippen LogP contribution in [0.1, 0.15) is 52.8 Å². The zero-order valence-corrected chi connectivity index (χ0v) is 19.7. The minimum Gasteiger partial charge on any atom is -0.332 e. The minimum absolute atomic E-state index is 0.0577. The Balaban J connectivity index is 2.34. The van der Waals surface area contributed by atoms with Crippen molar-refractivity contribution in [1.29, 1.82) is 0 Å². The molecule has 7 heteroatoms. The quantitative estimate of drug-likeness (QED) is 0.653. The van der Waals surface area contributed by atoms with E-state index >= 15 is 0 Å². The lowest BCUT2D eigenvalue weighted by Crippen LogP contribution is -2.43. The van der Waals surface area contributed by atoms with Crippen molar-refractivity contribution in [1.82, 2.24) is 14.7 Å². The van der Waals surface area contributed by atoms with Gasteiger partial charge >= 0.3 is 0 Å². The molecule has 0 saturated heterocycles. The number of carbonyl (C=O) groups is 2. The number of nitrogens with zero attached hydrogens (tertiary/aromatic N) is 3. The van der Waals surface area contributed by atoms with Crippen LogP contribution in [0.15, 0.2) is 30.3 Å². The van der Waals surface area contributed by atoms with E-state index in [9.17, 15) is 9.59 Å². The number of halogens is 1. The first kappa shape index (κ1) is 23.9. The Morgan fingerprint density at radius 1 is 1.20 bits per heavy atom. The number of rotatable bonds is 7. The molecule has 1 aromatic heterocycles. The SMILES string of the molecule is Cc1ccccc1-n1nc(C(C)(C)C)cc1NC(=O)CN(CC(C)C)C(=O)[C@@H](C)Cl. The van der Waals surface area contributed by atoms with Gasteiger partial charge in [0.2, 0.25) is 11.8 Å². The van der Waals surface area contributed by atoms with Crippen LogP contribution in [0.5, 0.6) is 0 Å². The van der Waals surface area contributed by atoms with Crippen LogP contribution in [-0.2, 0) is 15.0 Å². The van der Waals surface area contributed by atoms with Gasteiger partial charge in [0, 0.05) is 18.0 Å². The molecule has 2 rings (SSSR count). The monoisotopic (exact) mass is 432 g/mol. The highest BCUT2D eigenvalue weighted by molar-refractivity contribution is 6.30. The Labute approximate surface area is 184 Å². The summed E-state index contributed by atoms with van der Waals surface area (Å²) in [5.41, 5.74) is 2.63. The fraction of sp³-hybridized carbons (Fsp3) is 0.522. The highest BCUT2D eigenvalue weighted by Crippen LogP contribution is 2.27. The maximum Gasteiger partial charge on any atom is 0.245 e. The molecule has 1 aromatic carbocycles. The van der Waals surface area contributed by atoms with Gasteiger partial charge in [-0.25, -0.2) is 4.68 Å². The third-order valence-corrected chi connectivity index (χ3v) is 4.85. The number of benzene rings is 1. The van der Waals surface area contributed by atoms with Gasteiger partial charge in [-0.05, 0) is 31.4 Å². The van der Waals surface area contributed by atoms with E-state index in [1.165, 1.54) is 4.90 Å². The molecule has 0 radical (unpaired) electrons. The van der Waals surface area contributed by atoms with Gasteiger partial charge in [-0.1, -0.05) is 52.8 Å². The molecule has 0 aliphatic rings. The Hall–Kier alpha value is -2.34. The topological polar surface area (TPSA) is 67.2 Å². The standard InChI is InChI=1S/C23H33ClN4O2/c1-15(2)13-27(22(30)17(4)24)14-21(29)25-20-12-19(23(5,6)7)26-28(20)18-11-9-8-10-16(18)3/h8-12,15,17H,13-14H2,1-7H3,(H,25,29)/t17-/m1/s1. The summed E-state index contributed by atoms with van der Waals surface area (Å²) in [5, 5.41) is 7.03. The smallest absolute Gasteiger partial charge is 0.245 e. The number of hydrogen-bond acceptors (Lipinski definition) is 3. The summed E-state index contributed by atoms with van der Waals surface area (Å²) in [7, 11) is 0. The first-order valence-electron chi connectivity index (χ1n) is 10.3. The van der Waals surface area contributed by atoms with Gasteiger partial charge in [0.1, 0.15) is 11.2 Å². The Morgan fingerprint density at radius 2 is 1.83 bits per heavy atom. The van der Waals surface area contributed by atoms with E-state index in [-0.39, 0.29) is 29.7 Å². The van der Waals surface area contributed by atoms with Crippen LogP contribution in [0.3, 0.4) is 0 Å². The average molecular weight is 433 g/mol. The largest absolute Gasteiger partial charge is 0.332 e. The van der Waals surface area contributed by atoms with Crippen LogP contribution in [0.4, 0.5) is 5.82 Å². The van der Waals surface area contributed by atoms with Gasteiger partial charge in [0.05, 0.1) is 17.9 Å². The second kappa shape index (κ2) is 9.65. The predicted molar refractivity (Wildman–Crippen MR) is 122 cm³/mol. The Bertz CT molecular complexity index is 897. The zero-order valence-electron chi connectivity index (χ0n) is 19.0. The lowest BCUT2D eigenvalue weighted by atomic mass is 9.92. The summed E-state index contributed by atoms with van der Waals surface area (Å²) in [6.45, 7) is 14.3. The van der Waals surface area contributed by atoms with Crippen LogP contribution in [0.2, 0.25) is 0 Å². The van der Waals surface area contributed by atoms with E-state index in [4.69, 9.17) is 16.7 Å². The third-order valence-electron chi connectivity index (χ3n) is 4.66. The summed E-state index contributed by atoms with van der Waals surface area (Å²) < 4.78 is 1.76. The van der Waals surface area contributed by atoms with Crippen LogP contribution >= 0.6 is 11.6 Å². The van der Waals surface area contributed by atoms with E-state index in [0.29, 0.717) is 12.4 Å². The maximum absolute atomic E-state index is 12.9. The van der Waals surface area contributed by atoms with Crippen molar-refractivity contribution in [3.05, 3.63) is 41.6 Å². The molecule has 1 atom stereocenters. The molecule has 0 aliphatic carbocycles. The van der Waals surface area contributed by atoms with Gasteiger partial charge in [-0.3, -0.25) is 9.59 Å². The summed E-state index contributed by atoms with van der Waals surface area (Å²) in [6, 6.07) is 9.77. The molecule has 164 valence electrons. The molecule has 0 saturated carbocycles. The predicted octanol–water partition coefficient (Wildman–Crippen LogP) is 4.53. The molecule has 0 spiro atoms. The lowest BCUT2D eigenvalue weighted by molar-refractivity contribution is -0.134. The van der Waals surface area contributed by atoms with Crippen LogP contribution in [0, 0.1) is 12.8 Å². The van der Waals surface area contributed by atoms with Crippen molar-refractivity contribution in [2.24, 2.45) is 5.92 Å². The van der Waals surface area contributed by atoms with Crippen molar-refractivity contribution >= 4 is 29.2 Å². The fourth-order valence-electron chi connectivity index (χ4n) is 3.10. The van der Waals surface area contributed by atoms with Crippen LogP contribution in [-0.4, -0.2) is 45.0 Å². The van der Waals surface area contributed by atoms with Crippen LogP contribution in [0.25, 0.3) is 5.69 Å². The minimum atomic E-state index is -0.679. The van der Waals surface area contributed by atoms with Crippen molar-refractivity contribution in [3.63, 3.8) is 0 Å². The second-order valence-corrected chi connectivity index (χ2v) is 9.79. The summed E-state index contributed by atoms with van der Waals surface area (Å²) in [5.74, 6) is 0.275. The van der Waals surface area contributed by atoms with E-state index in [0.717, 1.165) is 16.9 Å². The average Bonchev–Trinajstić information content (AvgIpc) is 3.04. The van der Waals surface area contributed by atoms with Crippen molar-refractivity contribution in [2.75, 3.05) is 18.4 Å². The molecule has 1 N–H and O–H groups in total. The molecule has 6 nitrogen and oxygen atoms in total. The summed E-state index contributed by atoms with van der Waals surface area (Å²) >= 11 is 5.99. The molecule has 0 bridgehead atoms. The highest BCUT2D eigenvalue weighted by Gasteiger charge is 2.25.